The van der Waals surface area contributed by atoms with Crippen LogP contribution in [0.5, 0.6) is 0 Å². The van der Waals surface area contributed by atoms with Gasteiger partial charge in [-0.2, -0.15) is 5.10 Å². The van der Waals surface area contributed by atoms with E-state index < -0.39 is 20.9 Å². The van der Waals surface area contributed by atoms with Crippen molar-refractivity contribution in [3.05, 3.63) is 38.4 Å². The molecule has 132 valence electrons. The third-order valence-electron chi connectivity index (χ3n) is 5.98. The number of Topliss-reactive ketones (excluding diaryl/α,β-unsaturated/α-hetero) is 1. The van der Waals surface area contributed by atoms with Crippen LogP contribution in [0.3, 0.4) is 0 Å². The molecular weight excluding hydrogens is 328 g/mol. The van der Waals surface area contributed by atoms with E-state index in [1.54, 1.807) is 0 Å². The lowest BCUT2D eigenvalue weighted by atomic mass is 9.70. The Morgan fingerprint density at radius 1 is 1.20 bits per heavy atom. The third kappa shape index (κ3) is 2.30. The topological polar surface area (TPSA) is 128 Å². The molecule has 2 aliphatic rings. The molecule has 0 spiro atoms. The maximum absolute atomic E-state index is 12.6. The zero-order valence-electron chi connectivity index (χ0n) is 14.1. The van der Waals surface area contributed by atoms with E-state index in [0.717, 1.165) is 25.0 Å². The van der Waals surface area contributed by atoms with E-state index in [9.17, 15) is 25.0 Å². The Balaban J connectivity index is 1.97. The first-order valence-electron chi connectivity index (χ1n) is 7.91. The van der Waals surface area contributed by atoms with Gasteiger partial charge >= 0.3 is 5.69 Å². The third-order valence-corrected chi connectivity index (χ3v) is 5.98. The highest BCUT2D eigenvalue weighted by molar-refractivity contribution is 6.45. The van der Waals surface area contributed by atoms with Crippen LogP contribution in [0.1, 0.15) is 33.6 Å². The summed E-state index contributed by atoms with van der Waals surface area (Å²) in [7, 11) is 0. The fourth-order valence-corrected chi connectivity index (χ4v) is 3.99. The van der Waals surface area contributed by atoms with E-state index in [2.05, 4.69) is 10.5 Å². The monoisotopic (exact) mass is 346 g/mol. The van der Waals surface area contributed by atoms with Crippen LogP contribution in [0.25, 0.3) is 0 Å². The summed E-state index contributed by atoms with van der Waals surface area (Å²) in [4.78, 5) is 33.1. The maximum Gasteiger partial charge on any atom is 0.301 e. The van der Waals surface area contributed by atoms with Gasteiger partial charge in [-0.3, -0.25) is 30.4 Å². The van der Waals surface area contributed by atoms with Crippen molar-refractivity contribution in [1.82, 2.24) is 0 Å². The molecule has 2 aliphatic carbocycles. The molecule has 25 heavy (non-hydrogen) atoms. The smallest absolute Gasteiger partial charge is 0.292 e. The molecule has 0 saturated heterocycles. The second-order valence-electron chi connectivity index (χ2n) is 7.30. The van der Waals surface area contributed by atoms with Crippen LogP contribution >= 0.6 is 0 Å². The summed E-state index contributed by atoms with van der Waals surface area (Å²) in [5.41, 5.74) is 1.54. The molecule has 0 aromatic heterocycles. The lowest BCUT2D eigenvalue weighted by Crippen LogP contribution is -2.34. The highest BCUT2D eigenvalue weighted by Crippen LogP contribution is 2.62. The predicted octanol–water partition coefficient (Wildman–Crippen LogP) is 3.30. The van der Waals surface area contributed by atoms with Crippen LogP contribution in [0.2, 0.25) is 0 Å². The molecule has 3 rings (SSSR count). The molecule has 9 nitrogen and oxygen atoms in total. The number of carbonyl (C=O) groups is 1. The number of nitrogens with one attached hydrogen (secondary N) is 1. The van der Waals surface area contributed by atoms with Gasteiger partial charge in [0.05, 0.1) is 15.9 Å². The number of fused-ring (bicyclic) bond motifs is 2. The standard InChI is InChI=1S/C16H18N4O5/c1-15(2)10-6-7-16(15,3)14(13(10)21)18-17-11-5-4-9(19(22)23)8-12(11)20(24)25/h4-5,8,10,17H,6-7H2,1-3H3/b18-14+. The van der Waals surface area contributed by atoms with Crippen molar-refractivity contribution in [1.29, 1.82) is 0 Å². The first kappa shape index (κ1) is 17.0. The molecule has 2 atom stereocenters. The molecule has 0 radical (unpaired) electrons. The fraction of sp³-hybridized carbons (Fsp3) is 0.500. The molecule has 2 bridgehead atoms. The molecule has 0 amide bonds. The molecule has 1 aromatic carbocycles. The van der Waals surface area contributed by atoms with E-state index in [1.807, 2.05) is 20.8 Å². The summed E-state index contributed by atoms with van der Waals surface area (Å²) in [5, 5.41) is 26.2. The summed E-state index contributed by atoms with van der Waals surface area (Å²) < 4.78 is 0. The second-order valence-corrected chi connectivity index (χ2v) is 7.30. The molecule has 2 saturated carbocycles. The Morgan fingerprint density at radius 2 is 1.88 bits per heavy atom. The van der Waals surface area contributed by atoms with Crippen molar-refractivity contribution < 1.29 is 14.6 Å². The molecule has 0 aliphatic heterocycles. The Labute approximate surface area is 143 Å². The van der Waals surface area contributed by atoms with Crippen molar-refractivity contribution in [2.24, 2.45) is 21.8 Å². The maximum atomic E-state index is 12.6. The summed E-state index contributed by atoms with van der Waals surface area (Å²) in [6.45, 7) is 6.07. The number of rotatable bonds is 4. The Bertz CT molecular complexity index is 832. The van der Waals surface area contributed by atoms with E-state index in [4.69, 9.17) is 0 Å². The number of non-ortho nitro benzene ring substituents is 1. The van der Waals surface area contributed by atoms with Gasteiger partial charge in [-0.25, -0.2) is 0 Å². The van der Waals surface area contributed by atoms with Gasteiger partial charge < -0.3 is 0 Å². The lowest BCUT2D eigenvalue weighted by molar-refractivity contribution is -0.393. The van der Waals surface area contributed by atoms with E-state index in [1.165, 1.54) is 6.07 Å². The average Bonchev–Trinajstić information content (AvgIpc) is 2.84. The highest BCUT2D eigenvalue weighted by atomic mass is 16.6. The van der Waals surface area contributed by atoms with Crippen molar-refractivity contribution >= 4 is 28.6 Å². The Morgan fingerprint density at radius 3 is 2.40 bits per heavy atom. The molecule has 1 N–H and O–H groups in total. The Hall–Kier alpha value is -2.84. The van der Waals surface area contributed by atoms with Gasteiger partial charge in [0.2, 0.25) is 0 Å². The van der Waals surface area contributed by atoms with E-state index >= 15 is 0 Å². The number of ketones is 1. The molecule has 2 fully saturated rings. The summed E-state index contributed by atoms with van der Waals surface area (Å²) in [6, 6.07) is 3.26. The average molecular weight is 346 g/mol. The summed E-state index contributed by atoms with van der Waals surface area (Å²) >= 11 is 0. The molecular formula is C16H18N4O5. The normalized spacial score (nSPS) is 28.4. The van der Waals surface area contributed by atoms with Gasteiger partial charge in [-0.1, -0.05) is 20.8 Å². The number of nitro groups is 2. The van der Waals surface area contributed by atoms with Crippen LogP contribution in [0, 0.1) is 37.0 Å². The summed E-state index contributed by atoms with van der Waals surface area (Å²) in [6.07, 6.45) is 1.65. The predicted molar refractivity (Wildman–Crippen MR) is 90.4 cm³/mol. The highest BCUT2D eigenvalue weighted by Gasteiger charge is 2.65. The van der Waals surface area contributed by atoms with E-state index in [-0.39, 0.29) is 28.5 Å². The largest absolute Gasteiger partial charge is 0.301 e. The molecule has 0 heterocycles. The Kier molecular flexibility index (Phi) is 3.63. The van der Waals surface area contributed by atoms with Gasteiger partial charge in [-0.05, 0) is 24.3 Å². The van der Waals surface area contributed by atoms with Crippen molar-refractivity contribution in [3.63, 3.8) is 0 Å². The number of anilines is 1. The van der Waals surface area contributed by atoms with Gasteiger partial charge in [-0.15, -0.1) is 0 Å². The lowest BCUT2D eigenvalue weighted by Gasteiger charge is -2.33. The van der Waals surface area contributed by atoms with Crippen LogP contribution in [-0.4, -0.2) is 21.3 Å². The zero-order valence-corrected chi connectivity index (χ0v) is 14.1. The van der Waals surface area contributed by atoms with Crippen LogP contribution in [-0.2, 0) is 4.79 Å². The second kappa shape index (κ2) is 5.33. The molecule has 1 aromatic rings. The number of carbonyl (C=O) groups excluding carboxylic acids is 1. The minimum atomic E-state index is -0.718. The van der Waals surface area contributed by atoms with Gasteiger partial charge in [0.15, 0.2) is 5.78 Å². The molecule has 2 unspecified atom stereocenters. The number of hydrogen-bond acceptors (Lipinski definition) is 7. The SMILES string of the molecule is CC12CCC(C(=O)/C1=N\Nc1ccc([N+](=O)[O-])cc1[N+](=O)[O-])C2(C)C. The minimum Gasteiger partial charge on any atom is -0.292 e. The van der Waals surface area contributed by atoms with Crippen LogP contribution in [0.15, 0.2) is 23.3 Å². The number of benzene rings is 1. The van der Waals surface area contributed by atoms with Gasteiger partial charge in [0.1, 0.15) is 11.4 Å². The number of hydrazone groups is 1. The number of nitro benzene ring substituents is 2. The molecule has 9 heteroatoms. The van der Waals surface area contributed by atoms with Crippen LogP contribution < -0.4 is 5.43 Å². The van der Waals surface area contributed by atoms with Crippen LogP contribution in [0.4, 0.5) is 17.1 Å². The first-order valence-corrected chi connectivity index (χ1v) is 7.91. The number of nitrogens with zero attached hydrogens (tertiary/aromatic N) is 3. The minimum absolute atomic E-state index is 0.0140. The van der Waals surface area contributed by atoms with Gasteiger partial charge in [0, 0.05) is 17.4 Å². The fourth-order valence-electron chi connectivity index (χ4n) is 3.99. The van der Waals surface area contributed by atoms with E-state index in [0.29, 0.717) is 5.71 Å². The quantitative estimate of drug-likeness (QED) is 0.658. The number of hydrogen-bond donors (Lipinski definition) is 1. The van der Waals surface area contributed by atoms with Crippen molar-refractivity contribution in [3.8, 4) is 0 Å². The summed E-state index contributed by atoms with van der Waals surface area (Å²) in [5.74, 6) is -0.124. The van der Waals surface area contributed by atoms with Crippen molar-refractivity contribution in [2.45, 2.75) is 33.6 Å². The first-order chi connectivity index (χ1) is 11.6. The zero-order chi connectivity index (χ0) is 18.6. The van der Waals surface area contributed by atoms with Crippen molar-refractivity contribution in [2.75, 3.05) is 5.43 Å². The van der Waals surface area contributed by atoms with Gasteiger partial charge in [0.25, 0.3) is 5.69 Å².